The second-order valence-electron chi connectivity index (χ2n) is 7.84. The number of hydrogen-bond acceptors (Lipinski definition) is 8. The van der Waals surface area contributed by atoms with Crippen LogP contribution in [0.4, 0.5) is 5.82 Å². The summed E-state index contributed by atoms with van der Waals surface area (Å²) in [4.78, 5) is 32.2. The van der Waals surface area contributed by atoms with Crippen molar-refractivity contribution in [3.8, 4) is 0 Å². The zero-order valence-corrected chi connectivity index (χ0v) is 16.8. The standard InChI is InChI=1S/C19H17ClN8O2/c1-26-8-22-18-16(26)19(29)28(9-23-18)7-14-24-17(25-30-14)15-11-5-27(6-12(11)15)13-4-10(20)2-3-21-13/h2-4,8-9,11-12,15H,5-7H2,1H3/t11-,12+,15?. The summed E-state index contributed by atoms with van der Waals surface area (Å²) < 4.78 is 8.55. The fraction of sp³-hybridized carbons (Fsp3) is 0.368. The summed E-state index contributed by atoms with van der Waals surface area (Å²) in [5.74, 6) is 3.25. The van der Waals surface area contributed by atoms with E-state index in [2.05, 4.69) is 30.0 Å². The largest absolute Gasteiger partial charge is 0.356 e. The molecule has 4 aromatic rings. The zero-order valence-electron chi connectivity index (χ0n) is 16.0. The summed E-state index contributed by atoms with van der Waals surface area (Å²) in [6.45, 7) is 1.97. The zero-order chi connectivity index (χ0) is 20.4. The van der Waals surface area contributed by atoms with E-state index in [0.29, 0.717) is 39.7 Å². The second-order valence-corrected chi connectivity index (χ2v) is 8.28. The van der Waals surface area contributed by atoms with Crippen LogP contribution in [0.1, 0.15) is 17.6 Å². The Hall–Kier alpha value is -3.27. The lowest BCUT2D eigenvalue weighted by Gasteiger charge is -2.20. The highest BCUT2D eigenvalue weighted by molar-refractivity contribution is 6.30. The summed E-state index contributed by atoms with van der Waals surface area (Å²) >= 11 is 6.08. The number of rotatable bonds is 4. The van der Waals surface area contributed by atoms with Crippen LogP contribution in [0.3, 0.4) is 0 Å². The minimum atomic E-state index is -0.187. The molecule has 0 radical (unpaired) electrons. The number of aryl methyl sites for hydroxylation is 1. The Balaban J connectivity index is 1.17. The monoisotopic (exact) mass is 424 g/mol. The van der Waals surface area contributed by atoms with Gasteiger partial charge in [0, 0.05) is 37.3 Å². The number of aromatic nitrogens is 7. The van der Waals surface area contributed by atoms with Crippen LogP contribution in [0, 0.1) is 11.8 Å². The van der Waals surface area contributed by atoms with Crippen LogP contribution in [0.25, 0.3) is 11.2 Å². The van der Waals surface area contributed by atoms with Crippen molar-refractivity contribution >= 4 is 28.6 Å². The number of anilines is 1. The number of halogens is 1. The van der Waals surface area contributed by atoms with Gasteiger partial charge >= 0.3 is 0 Å². The van der Waals surface area contributed by atoms with Gasteiger partial charge in [-0.2, -0.15) is 4.98 Å². The van der Waals surface area contributed by atoms with Gasteiger partial charge in [0.1, 0.15) is 18.7 Å². The number of imidazole rings is 1. The minimum Gasteiger partial charge on any atom is -0.356 e. The van der Waals surface area contributed by atoms with Crippen molar-refractivity contribution in [3.63, 3.8) is 0 Å². The molecule has 152 valence electrons. The molecule has 11 heteroatoms. The molecule has 10 nitrogen and oxygen atoms in total. The molecule has 1 unspecified atom stereocenters. The third kappa shape index (κ3) is 2.71. The minimum absolute atomic E-state index is 0.181. The average molecular weight is 425 g/mol. The summed E-state index contributed by atoms with van der Waals surface area (Å²) in [5.41, 5.74) is 0.686. The lowest BCUT2D eigenvalue weighted by molar-refractivity contribution is 0.363. The average Bonchev–Trinajstić information content (AvgIpc) is 3.16. The molecule has 0 bridgehead atoms. The maximum absolute atomic E-state index is 12.7. The van der Waals surface area contributed by atoms with Gasteiger partial charge in [-0.05, 0) is 24.0 Å². The Morgan fingerprint density at radius 2 is 2.00 bits per heavy atom. The van der Waals surface area contributed by atoms with E-state index in [1.54, 1.807) is 30.2 Å². The number of pyridine rings is 1. The molecule has 1 aliphatic heterocycles. The van der Waals surface area contributed by atoms with Crippen LogP contribution in [-0.4, -0.2) is 47.3 Å². The topological polar surface area (TPSA) is 108 Å². The molecule has 2 fully saturated rings. The molecular weight excluding hydrogens is 408 g/mol. The molecule has 1 saturated carbocycles. The van der Waals surface area contributed by atoms with Gasteiger partial charge in [0.05, 0.1) is 6.33 Å². The van der Waals surface area contributed by atoms with Gasteiger partial charge in [-0.25, -0.2) is 15.0 Å². The number of nitrogens with zero attached hydrogens (tertiary/aromatic N) is 8. The van der Waals surface area contributed by atoms with Crippen molar-refractivity contribution in [2.45, 2.75) is 12.5 Å². The Morgan fingerprint density at radius 3 is 2.80 bits per heavy atom. The maximum Gasteiger partial charge on any atom is 0.280 e. The van der Waals surface area contributed by atoms with Crippen LogP contribution in [-0.2, 0) is 13.6 Å². The first-order chi connectivity index (χ1) is 14.6. The van der Waals surface area contributed by atoms with Gasteiger partial charge in [0.2, 0.25) is 5.89 Å². The normalized spacial score (nSPS) is 22.6. The van der Waals surface area contributed by atoms with Crippen LogP contribution >= 0.6 is 11.6 Å². The number of piperidine rings is 1. The molecule has 3 atom stereocenters. The molecule has 4 aromatic heterocycles. The van der Waals surface area contributed by atoms with Crippen LogP contribution in [0.2, 0.25) is 5.02 Å². The first kappa shape index (κ1) is 17.6. The fourth-order valence-corrected chi connectivity index (χ4v) is 4.61. The lowest BCUT2D eigenvalue weighted by atomic mass is 10.2. The Kier molecular flexibility index (Phi) is 3.73. The van der Waals surface area contributed by atoms with E-state index in [-0.39, 0.29) is 18.0 Å². The van der Waals surface area contributed by atoms with Gasteiger partial charge in [0.15, 0.2) is 17.0 Å². The quantitative estimate of drug-likeness (QED) is 0.484. The third-order valence-corrected chi connectivity index (χ3v) is 6.25. The summed E-state index contributed by atoms with van der Waals surface area (Å²) in [6.07, 6.45) is 4.76. The highest BCUT2D eigenvalue weighted by Gasteiger charge is 2.58. The van der Waals surface area contributed by atoms with E-state index in [4.69, 9.17) is 16.1 Å². The molecule has 2 aliphatic rings. The van der Waals surface area contributed by atoms with Crippen molar-refractivity contribution < 1.29 is 4.52 Å². The van der Waals surface area contributed by atoms with Gasteiger partial charge in [0.25, 0.3) is 5.56 Å². The predicted octanol–water partition coefficient (Wildman–Crippen LogP) is 1.46. The van der Waals surface area contributed by atoms with Crippen LogP contribution < -0.4 is 10.5 Å². The molecule has 1 aliphatic carbocycles. The van der Waals surface area contributed by atoms with E-state index in [9.17, 15) is 4.79 Å². The fourth-order valence-electron chi connectivity index (χ4n) is 4.46. The third-order valence-electron chi connectivity index (χ3n) is 6.01. The molecule has 30 heavy (non-hydrogen) atoms. The predicted molar refractivity (Wildman–Crippen MR) is 107 cm³/mol. The highest BCUT2D eigenvalue weighted by Crippen LogP contribution is 2.57. The van der Waals surface area contributed by atoms with Crippen LogP contribution in [0.15, 0.2) is 40.3 Å². The first-order valence-corrected chi connectivity index (χ1v) is 10.0. The first-order valence-electron chi connectivity index (χ1n) is 9.64. The molecule has 5 heterocycles. The smallest absolute Gasteiger partial charge is 0.280 e. The van der Waals surface area contributed by atoms with Gasteiger partial charge in [-0.3, -0.25) is 9.36 Å². The van der Waals surface area contributed by atoms with E-state index in [0.717, 1.165) is 18.9 Å². The summed E-state index contributed by atoms with van der Waals surface area (Å²) in [5, 5.41) is 4.86. The van der Waals surface area contributed by atoms with Crippen molar-refractivity contribution in [1.82, 2.24) is 34.2 Å². The molecule has 0 spiro atoms. The van der Waals surface area contributed by atoms with Gasteiger partial charge in [-0.1, -0.05) is 16.8 Å². The molecule has 0 N–H and O–H groups in total. The van der Waals surface area contributed by atoms with E-state index < -0.39 is 0 Å². The van der Waals surface area contributed by atoms with Crippen LogP contribution in [0.5, 0.6) is 0 Å². The van der Waals surface area contributed by atoms with E-state index in [1.807, 2.05) is 6.07 Å². The van der Waals surface area contributed by atoms with Crippen molar-refractivity contribution in [3.05, 3.63) is 58.1 Å². The summed E-state index contributed by atoms with van der Waals surface area (Å²) in [7, 11) is 1.77. The Bertz CT molecular complexity index is 1320. The Morgan fingerprint density at radius 1 is 1.20 bits per heavy atom. The van der Waals surface area contributed by atoms with Gasteiger partial charge < -0.3 is 14.0 Å². The van der Waals surface area contributed by atoms with E-state index >= 15 is 0 Å². The number of hydrogen-bond donors (Lipinski definition) is 0. The van der Waals surface area contributed by atoms with Crippen molar-refractivity contribution in [1.29, 1.82) is 0 Å². The van der Waals surface area contributed by atoms with E-state index in [1.165, 1.54) is 10.9 Å². The summed E-state index contributed by atoms with van der Waals surface area (Å²) in [6, 6.07) is 3.66. The highest BCUT2D eigenvalue weighted by atomic mass is 35.5. The van der Waals surface area contributed by atoms with Gasteiger partial charge in [-0.15, -0.1) is 0 Å². The van der Waals surface area contributed by atoms with Crippen molar-refractivity contribution in [2.24, 2.45) is 18.9 Å². The number of fused-ring (bicyclic) bond motifs is 2. The molecular formula is C19H17ClN8O2. The SMILES string of the molecule is Cn1cnc2ncn(Cc3nc(C4[C@H]5CN(c6cc(Cl)ccn6)C[C@@H]45)no3)c(=O)c21. The molecule has 0 amide bonds. The second kappa shape index (κ2) is 6.36. The molecule has 6 rings (SSSR count). The Labute approximate surface area is 175 Å². The maximum atomic E-state index is 12.7. The lowest BCUT2D eigenvalue weighted by Crippen LogP contribution is -2.24. The van der Waals surface area contributed by atoms with Crippen molar-refractivity contribution in [2.75, 3.05) is 18.0 Å². The molecule has 1 saturated heterocycles. The molecule has 0 aromatic carbocycles.